The lowest BCUT2D eigenvalue weighted by molar-refractivity contribution is -0.161. The minimum atomic E-state index is -4.94. The summed E-state index contributed by atoms with van der Waals surface area (Å²) in [5, 5.41) is 10.5. The van der Waals surface area contributed by atoms with Crippen LogP contribution in [0.15, 0.2) is 0 Å². The second-order valence-corrected chi connectivity index (χ2v) is 24.6. The number of rotatable bonds is 61. The van der Waals surface area contributed by atoms with Crippen LogP contribution in [0.3, 0.4) is 0 Å². The number of hydrogen-bond donors (Lipinski definition) is 3. The Balaban J connectivity index is 5.08. The van der Waals surface area contributed by atoms with Gasteiger partial charge in [0.05, 0.1) is 26.4 Å². The van der Waals surface area contributed by atoms with Crippen LogP contribution in [0, 0.1) is 0 Å². The van der Waals surface area contributed by atoms with Crippen molar-refractivity contribution in [1.82, 2.24) is 0 Å². The maximum atomic E-state index is 12.9. The first-order valence-corrected chi connectivity index (χ1v) is 34.8. The zero-order valence-electron chi connectivity index (χ0n) is 50.3. The summed E-state index contributed by atoms with van der Waals surface area (Å²) in [7, 11) is -9.86. The first kappa shape index (κ1) is 77.1. The van der Waals surface area contributed by atoms with Crippen molar-refractivity contribution in [2.75, 3.05) is 39.6 Å². The van der Waals surface area contributed by atoms with Crippen molar-refractivity contribution >= 4 is 39.5 Å². The second kappa shape index (κ2) is 55.3. The molecule has 0 rings (SSSR count). The molecule has 0 amide bonds. The smallest absolute Gasteiger partial charge is 0.462 e. The Hall–Kier alpha value is -1.94. The molecule has 17 nitrogen and oxygen atoms in total. The zero-order chi connectivity index (χ0) is 58.3. The van der Waals surface area contributed by atoms with Crippen LogP contribution in [-0.2, 0) is 65.4 Å². The van der Waals surface area contributed by atoms with Crippen LogP contribution in [0.5, 0.6) is 0 Å². The third kappa shape index (κ3) is 55.0. The number of phosphoric ester groups is 2. The molecule has 79 heavy (non-hydrogen) atoms. The van der Waals surface area contributed by atoms with Crippen molar-refractivity contribution in [3.63, 3.8) is 0 Å². The van der Waals surface area contributed by atoms with Gasteiger partial charge in [0.15, 0.2) is 12.2 Å². The van der Waals surface area contributed by atoms with Gasteiger partial charge in [0.1, 0.15) is 19.3 Å². The summed E-state index contributed by atoms with van der Waals surface area (Å²) in [4.78, 5) is 71.6. The van der Waals surface area contributed by atoms with Crippen molar-refractivity contribution < 1.29 is 80.2 Å². The number of aliphatic hydroxyl groups is 1. The van der Waals surface area contributed by atoms with Crippen molar-refractivity contribution in [2.45, 2.75) is 322 Å². The van der Waals surface area contributed by atoms with E-state index in [-0.39, 0.29) is 25.7 Å². The Kier molecular flexibility index (Phi) is 53.9. The van der Waals surface area contributed by atoms with Crippen molar-refractivity contribution in [3.05, 3.63) is 0 Å². The average Bonchev–Trinajstić information content (AvgIpc) is 3.42. The molecule has 0 radical (unpaired) electrons. The molecule has 0 saturated carbocycles. The fraction of sp³-hybridized carbons (Fsp3) is 0.933. The molecule has 3 N–H and O–H groups in total. The number of aliphatic hydroxyl groups excluding tert-OH is 1. The lowest BCUT2D eigenvalue weighted by atomic mass is 10.0. The summed E-state index contributed by atoms with van der Waals surface area (Å²) in [6.45, 7) is 4.72. The Morgan fingerprint density at radius 1 is 0.304 bits per heavy atom. The molecule has 0 aromatic carbocycles. The predicted molar refractivity (Wildman–Crippen MR) is 312 cm³/mol. The quantitative estimate of drug-likeness (QED) is 0.0222. The second-order valence-electron chi connectivity index (χ2n) is 21.7. The summed E-state index contributed by atoms with van der Waals surface area (Å²) < 4.78 is 67.5. The van der Waals surface area contributed by atoms with Gasteiger partial charge in [-0.1, -0.05) is 252 Å². The summed E-state index contributed by atoms with van der Waals surface area (Å²) in [6.07, 6.45) is 39.5. The molecule has 468 valence electrons. The fourth-order valence-electron chi connectivity index (χ4n) is 8.93. The van der Waals surface area contributed by atoms with Crippen LogP contribution in [-0.4, -0.2) is 96.7 Å². The van der Waals surface area contributed by atoms with Crippen LogP contribution in [0.25, 0.3) is 0 Å². The minimum absolute atomic E-state index is 0.103. The van der Waals surface area contributed by atoms with E-state index in [2.05, 4.69) is 27.7 Å². The molecule has 0 bridgehead atoms. The maximum absolute atomic E-state index is 12.9. The van der Waals surface area contributed by atoms with Gasteiger partial charge in [0, 0.05) is 25.7 Å². The van der Waals surface area contributed by atoms with Crippen LogP contribution in [0.1, 0.15) is 304 Å². The predicted octanol–water partition coefficient (Wildman–Crippen LogP) is 16.4. The van der Waals surface area contributed by atoms with Gasteiger partial charge in [0.25, 0.3) is 0 Å². The molecule has 0 fully saturated rings. The molecule has 0 aliphatic heterocycles. The molecule has 2 unspecified atom stereocenters. The van der Waals surface area contributed by atoms with Crippen molar-refractivity contribution in [2.24, 2.45) is 0 Å². The molecule has 0 heterocycles. The van der Waals surface area contributed by atoms with Crippen molar-refractivity contribution in [3.8, 4) is 0 Å². The van der Waals surface area contributed by atoms with E-state index in [1.807, 2.05) is 0 Å². The maximum Gasteiger partial charge on any atom is 0.472 e. The van der Waals surface area contributed by atoms with E-state index in [4.69, 9.17) is 37.0 Å². The number of ether oxygens (including phenoxy) is 4. The van der Waals surface area contributed by atoms with Gasteiger partial charge in [-0.05, 0) is 25.7 Å². The fourth-order valence-corrected chi connectivity index (χ4v) is 10.5. The average molecular weight is 1170 g/mol. The number of carbonyl (C=O) groups is 4. The van der Waals surface area contributed by atoms with E-state index < -0.39 is 97.5 Å². The number of esters is 4. The summed E-state index contributed by atoms with van der Waals surface area (Å²) in [5.74, 6) is -2.15. The van der Waals surface area contributed by atoms with Crippen LogP contribution < -0.4 is 0 Å². The largest absolute Gasteiger partial charge is 0.472 e. The number of unbranched alkanes of at least 4 members (excludes halogenated alkanes) is 35. The van der Waals surface area contributed by atoms with Crippen LogP contribution >= 0.6 is 15.6 Å². The molecule has 0 aliphatic carbocycles. The summed E-state index contributed by atoms with van der Waals surface area (Å²) in [6, 6.07) is 0. The third-order valence-electron chi connectivity index (χ3n) is 13.9. The molecule has 0 aromatic heterocycles. The normalized spacial score (nSPS) is 14.3. The van der Waals surface area contributed by atoms with Gasteiger partial charge >= 0.3 is 39.5 Å². The Morgan fingerprint density at radius 2 is 0.506 bits per heavy atom. The number of phosphoric acid groups is 2. The molecule has 19 heteroatoms. The van der Waals surface area contributed by atoms with Gasteiger partial charge < -0.3 is 33.8 Å². The SMILES string of the molecule is CCCCCCCCCCCCCCCCCCCCC(=O)O[C@H](COC(=O)CCCCCCCCCCC)COP(=O)(O)OC[C@@H](O)COP(=O)(O)OC[C@@H](COC(=O)CCCCCCC)OC(=O)CCCCCCCCC. The molecular weight excluding hydrogens is 1050 g/mol. The third-order valence-corrected chi connectivity index (χ3v) is 15.8. The van der Waals surface area contributed by atoms with Gasteiger partial charge in [-0.3, -0.25) is 37.3 Å². The van der Waals surface area contributed by atoms with Gasteiger partial charge in [0.2, 0.25) is 0 Å². The lowest BCUT2D eigenvalue weighted by Gasteiger charge is -2.21. The monoisotopic (exact) mass is 1170 g/mol. The number of hydrogen-bond acceptors (Lipinski definition) is 15. The minimum Gasteiger partial charge on any atom is -0.462 e. The highest BCUT2D eigenvalue weighted by Crippen LogP contribution is 2.45. The molecule has 5 atom stereocenters. The first-order valence-electron chi connectivity index (χ1n) is 31.8. The standard InChI is InChI=1S/C60H116O17P2/c1-5-9-13-17-20-22-23-24-25-26-27-28-29-30-32-35-39-43-47-60(65)77-56(51-71-58(63)45-41-37-34-31-21-18-14-10-6-2)53-75-79(68,69)73-49-54(61)48-72-78(66,67)74-52-55(50-70-57(62)44-40-36-16-12-8-4)76-59(64)46-42-38-33-19-15-11-7-3/h54-56,61H,5-53H2,1-4H3,(H,66,67)(H,68,69)/t54-,55+,56+/m0/s1. The molecule has 0 saturated heterocycles. The summed E-state index contributed by atoms with van der Waals surface area (Å²) >= 11 is 0. The van der Waals surface area contributed by atoms with E-state index in [0.29, 0.717) is 25.7 Å². The van der Waals surface area contributed by atoms with Crippen LogP contribution in [0.2, 0.25) is 0 Å². The highest BCUT2D eigenvalue weighted by molar-refractivity contribution is 7.47. The lowest BCUT2D eigenvalue weighted by Crippen LogP contribution is -2.30. The van der Waals surface area contributed by atoms with E-state index in [1.165, 1.54) is 116 Å². The molecular formula is C60H116O17P2. The van der Waals surface area contributed by atoms with Gasteiger partial charge in [-0.15, -0.1) is 0 Å². The van der Waals surface area contributed by atoms with E-state index in [9.17, 15) is 43.2 Å². The summed E-state index contributed by atoms with van der Waals surface area (Å²) in [5.41, 5.74) is 0. The first-order chi connectivity index (χ1) is 38.2. The molecule has 0 aromatic rings. The van der Waals surface area contributed by atoms with Crippen molar-refractivity contribution in [1.29, 1.82) is 0 Å². The Morgan fingerprint density at radius 3 is 0.747 bits per heavy atom. The van der Waals surface area contributed by atoms with E-state index in [1.54, 1.807) is 0 Å². The molecule has 0 aliphatic rings. The zero-order valence-corrected chi connectivity index (χ0v) is 52.1. The number of carbonyl (C=O) groups excluding carboxylic acids is 4. The van der Waals surface area contributed by atoms with Crippen LogP contribution in [0.4, 0.5) is 0 Å². The highest BCUT2D eigenvalue weighted by atomic mass is 31.2. The van der Waals surface area contributed by atoms with Gasteiger partial charge in [-0.2, -0.15) is 0 Å². The van der Waals surface area contributed by atoms with E-state index >= 15 is 0 Å². The molecule has 0 spiro atoms. The topological polar surface area (TPSA) is 237 Å². The van der Waals surface area contributed by atoms with Gasteiger partial charge in [-0.25, -0.2) is 9.13 Å². The highest BCUT2D eigenvalue weighted by Gasteiger charge is 2.30. The Bertz CT molecular complexity index is 1540. The Labute approximate surface area is 479 Å². The van der Waals surface area contributed by atoms with E-state index in [0.717, 1.165) is 109 Å².